The molecule has 0 aromatic carbocycles. The molecule has 0 aromatic rings. The molecule has 0 aliphatic carbocycles. The predicted molar refractivity (Wildman–Crippen MR) is 90.9 cm³/mol. The van der Waals surface area contributed by atoms with Gasteiger partial charge in [0.25, 0.3) is 0 Å². The first-order valence-corrected chi connectivity index (χ1v) is 8.04. The van der Waals surface area contributed by atoms with Gasteiger partial charge in [0.15, 0.2) is 0 Å². The Hall–Kier alpha value is -0.360. The van der Waals surface area contributed by atoms with Crippen LogP contribution >= 0.6 is 12.4 Å². The van der Waals surface area contributed by atoms with Gasteiger partial charge in [0.2, 0.25) is 5.91 Å². The lowest BCUT2D eigenvalue weighted by molar-refractivity contribution is -0.122. The summed E-state index contributed by atoms with van der Waals surface area (Å²) in [5, 5.41) is 2.98. The third kappa shape index (κ3) is 8.00. The van der Waals surface area contributed by atoms with Crippen molar-refractivity contribution in [2.24, 2.45) is 11.7 Å². The summed E-state index contributed by atoms with van der Waals surface area (Å²) in [5.41, 5.74) is 5.80. The Morgan fingerprint density at radius 2 is 1.76 bits per heavy atom. The lowest BCUT2D eigenvalue weighted by atomic mass is 10.1. The molecular weight excluding hydrogens is 288 g/mol. The van der Waals surface area contributed by atoms with Crippen molar-refractivity contribution in [3.05, 3.63) is 0 Å². The molecule has 21 heavy (non-hydrogen) atoms. The number of hydrogen-bond donors (Lipinski definition) is 2. The SMILES string of the molecule is CCCC(N)C(=O)NCC(C)CN1CCN(CC)CC1.Cl. The van der Waals surface area contributed by atoms with E-state index in [4.69, 9.17) is 5.73 Å². The van der Waals surface area contributed by atoms with Crippen molar-refractivity contribution in [1.82, 2.24) is 15.1 Å². The van der Waals surface area contributed by atoms with Gasteiger partial charge in [0.1, 0.15) is 0 Å². The maximum Gasteiger partial charge on any atom is 0.236 e. The maximum atomic E-state index is 11.8. The quantitative estimate of drug-likeness (QED) is 0.698. The van der Waals surface area contributed by atoms with Crippen LogP contribution in [0.5, 0.6) is 0 Å². The van der Waals surface area contributed by atoms with E-state index in [0.29, 0.717) is 5.92 Å². The molecule has 1 saturated heterocycles. The van der Waals surface area contributed by atoms with Gasteiger partial charge in [-0.1, -0.05) is 27.2 Å². The minimum atomic E-state index is -0.347. The minimum Gasteiger partial charge on any atom is -0.354 e. The topological polar surface area (TPSA) is 61.6 Å². The first-order chi connectivity index (χ1) is 9.56. The van der Waals surface area contributed by atoms with E-state index >= 15 is 0 Å². The third-order valence-electron chi connectivity index (χ3n) is 4.04. The molecule has 6 heteroatoms. The number of piperazine rings is 1. The first-order valence-electron chi connectivity index (χ1n) is 8.04. The summed E-state index contributed by atoms with van der Waals surface area (Å²) in [6.45, 7) is 14.0. The van der Waals surface area contributed by atoms with Gasteiger partial charge in [0.05, 0.1) is 6.04 Å². The van der Waals surface area contributed by atoms with Gasteiger partial charge in [-0.05, 0) is 18.9 Å². The number of hydrogen-bond acceptors (Lipinski definition) is 4. The molecule has 1 amide bonds. The average molecular weight is 321 g/mol. The van der Waals surface area contributed by atoms with Crippen molar-refractivity contribution in [1.29, 1.82) is 0 Å². The molecule has 1 aliphatic rings. The predicted octanol–water partition coefficient (Wildman–Crippen LogP) is 0.925. The second kappa shape index (κ2) is 11.2. The van der Waals surface area contributed by atoms with E-state index in [9.17, 15) is 4.79 Å². The van der Waals surface area contributed by atoms with Crippen LogP contribution in [-0.2, 0) is 4.79 Å². The normalized spacial score (nSPS) is 19.6. The standard InChI is InChI=1S/C15H32N4O.ClH/c1-4-6-14(16)15(20)17-11-13(3)12-19-9-7-18(5-2)8-10-19;/h13-14H,4-12,16H2,1-3H3,(H,17,20);1H. The molecular formula is C15H33ClN4O. The van der Waals surface area contributed by atoms with Crippen LogP contribution in [0.15, 0.2) is 0 Å². The highest BCUT2D eigenvalue weighted by Gasteiger charge is 2.18. The number of carbonyl (C=O) groups is 1. The fraction of sp³-hybridized carbons (Fsp3) is 0.933. The number of carbonyl (C=O) groups excluding carboxylic acids is 1. The van der Waals surface area contributed by atoms with E-state index in [1.807, 2.05) is 6.92 Å². The Balaban J connectivity index is 0.00000400. The van der Waals surface area contributed by atoms with E-state index in [1.54, 1.807) is 0 Å². The smallest absolute Gasteiger partial charge is 0.236 e. The minimum absolute atomic E-state index is 0. The van der Waals surface area contributed by atoms with Crippen molar-refractivity contribution < 1.29 is 4.79 Å². The summed E-state index contributed by atoms with van der Waals surface area (Å²) in [5.74, 6) is 0.468. The average Bonchev–Trinajstić information content (AvgIpc) is 2.45. The highest BCUT2D eigenvalue weighted by atomic mass is 35.5. The molecule has 0 saturated carbocycles. The van der Waals surface area contributed by atoms with Crippen LogP contribution in [0.1, 0.15) is 33.6 Å². The van der Waals surface area contributed by atoms with E-state index in [0.717, 1.165) is 58.7 Å². The Morgan fingerprint density at radius 3 is 2.29 bits per heavy atom. The number of amides is 1. The number of nitrogens with one attached hydrogen (secondary N) is 1. The number of nitrogens with zero attached hydrogens (tertiary/aromatic N) is 2. The van der Waals surface area contributed by atoms with Gasteiger partial charge in [-0.3, -0.25) is 4.79 Å². The van der Waals surface area contributed by atoms with Crippen LogP contribution in [0.3, 0.4) is 0 Å². The zero-order valence-corrected chi connectivity index (χ0v) is 14.6. The monoisotopic (exact) mass is 320 g/mol. The molecule has 2 unspecified atom stereocenters. The van der Waals surface area contributed by atoms with Crippen LogP contribution in [-0.4, -0.2) is 67.6 Å². The van der Waals surface area contributed by atoms with E-state index in [2.05, 4.69) is 29.0 Å². The molecule has 0 aromatic heterocycles. The molecule has 1 heterocycles. The van der Waals surface area contributed by atoms with Gasteiger partial charge >= 0.3 is 0 Å². The molecule has 0 spiro atoms. The molecule has 0 radical (unpaired) electrons. The maximum absolute atomic E-state index is 11.8. The number of rotatable bonds is 8. The largest absolute Gasteiger partial charge is 0.354 e. The highest BCUT2D eigenvalue weighted by molar-refractivity contribution is 5.85. The highest BCUT2D eigenvalue weighted by Crippen LogP contribution is 2.05. The van der Waals surface area contributed by atoms with Crippen LogP contribution in [0.4, 0.5) is 0 Å². The Labute approximate surface area is 136 Å². The molecule has 1 rings (SSSR count). The molecule has 0 bridgehead atoms. The van der Waals surface area contributed by atoms with Crippen LogP contribution in [0.25, 0.3) is 0 Å². The lowest BCUT2D eigenvalue weighted by Crippen LogP contribution is -2.48. The van der Waals surface area contributed by atoms with Crippen LogP contribution in [0.2, 0.25) is 0 Å². The van der Waals surface area contributed by atoms with E-state index in [-0.39, 0.29) is 24.4 Å². The van der Waals surface area contributed by atoms with E-state index in [1.165, 1.54) is 0 Å². The lowest BCUT2D eigenvalue weighted by Gasteiger charge is -2.35. The summed E-state index contributed by atoms with van der Waals surface area (Å²) in [6.07, 6.45) is 1.71. The van der Waals surface area contributed by atoms with Crippen molar-refractivity contribution in [2.75, 3.05) is 45.8 Å². The van der Waals surface area contributed by atoms with Crippen molar-refractivity contribution in [2.45, 2.75) is 39.7 Å². The summed E-state index contributed by atoms with van der Waals surface area (Å²) in [7, 11) is 0. The van der Waals surface area contributed by atoms with Crippen molar-refractivity contribution in [3.8, 4) is 0 Å². The molecule has 1 fully saturated rings. The molecule has 1 aliphatic heterocycles. The molecule has 5 nitrogen and oxygen atoms in total. The zero-order valence-electron chi connectivity index (χ0n) is 13.8. The van der Waals surface area contributed by atoms with Gasteiger partial charge < -0.3 is 20.9 Å². The second-order valence-electron chi connectivity index (χ2n) is 5.98. The molecule has 3 N–H and O–H groups in total. The summed E-state index contributed by atoms with van der Waals surface area (Å²) < 4.78 is 0. The number of halogens is 1. The zero-order chi connectivity index (χ0) is 15.0. The van der Waals surface area contributed by atoms with Gasteiger partial charge in [0, 0.05) is 39.3 Å². The Kier molecular flexibility index (Phi) is 11.0. The molecule has 126 valence electrons. The van der Waals surface area contributed by atoms with Crippen molar-refractivity contribution in [3.63, 3.8) is 0 Å². The third-order valence-corrected chi connectivity index (χ3v) is 4.04. The summed E-state index contributed by atoms with van der Waals surface area (Å²) in [6, 6.07) is -0.347. The summed E-state index contributed by atoms with van der Waals surface area (Å²) >= 11 is 0. The Morgan fingerprint density at radius 1 is 1.19 bits per heavy atom. The fourth-order valence-corrected chi connectivity index (χ4v) is 2.64. The first kappa shape index (κ1) is 20.6. The van der Waals surface area contributed by atoms with Gasteiger partial charge in [-0.25, -0.2) is 0 Å². The van der Waals surface area contributed by atoms with Crippen molar-refractivity contribution >= 4 is 18.3 Å². The second-order valence-corrected chi connectivity index (χ2v) is 5.98. The van der Waals surface area contributed by atoms with Gasteiger partial charge in [-0.2, -0.15) is 0 Å². The van der Waals surface area contributed by atoms with Crippen LogP contribution in [0, 0.1) is 5.92 Å². The fourth-order valence-electron chi connectivity index (χ4n) is 2.64. The van der Waals surface area contributed by atoms with Crippen LogP contribution < -0.4 is 11.1 Å². The Bertz CT molecular complexity index is 283. The number of likely N-dealkylation sites (N-methyl/N-ethyl adjacent to an activating group) is 1. The van der Waals surface area contributed by atoms with Gasteiger partial charge in [-0.15, -0.1) is 12.4 Å². The molecule has 2 atom stereocenters. The summed E-state index contributed by atoms with van der Waals surface area (Å²) in [4.78, 5) is 16.7. The van der Waals surface area contributed by atoms with E-state index < -0.39 is 0 Å². The number of nitrogens with two attached hydrogens (primary N) is 1.